The van der Waals surface area contributed by atoms with Crippen molar-refractivity contribution in [1.82, 2.24) is 15.3 Å². The Balaban J connectivity index is 1.55. The molecule has 0 atom stereocenters. The van der Waals surface area contributed by atoms with Gasteiger partial charge in [0.2, 0.25) is 5.95 Å². The van der Waals surface area contributed by atoms with Crippen molar-refractivity contribution in [3.8, 4) is 11.5 Å². The van der Waals surface area contributed by atoms with Crippen LogP contribution in [0.2, 0.25) is 0 Å². The maximum Gasteiger partial charge on any atom is 0.252 e. The van der Waals surface area contributed by atoms with Crippen LogP contribution < -0.4 is 25.4 Å². The summed E-state index contributed by atoms with van der Waals surface area (Å²) in [6.45, 7) is 2.77. The van der Waals surface area contributed by atoms with E-state index in [0.29, 0.717) is 40.6 Å². The maximum atomic E-state index is 12.4. The van der Waals surface area contributed by atoms with Crippen molar-refractivity contribution in [1.29, 1.82) is 0 Å². The van der Waals surface area contributed by atoms with Gasteiger partial charge in [0.25, 0.3) is 5.91 Å². The van der Waals surface area contributed by atoms with E-state index in [9.17, 15) is 4.79 Å². The van der Waals surface area contributed by atoms with Crippen molar-refractivity contribution in [3.63, 3.8) is 0 Å². The predicted octanol–water partition coefficient (Wildman–Crippen LogP) is 4.15. The number of amides is 1. The average molecular weight is 486 g/mol. The Morgan fingerprint density at radius 1 is 0.968 bits per heavy atom. The molecule has 2 aromatic carbocycles. The highest BCUT2D eigenvalue weighted by Gasteiger charge is 2.11. The summed E-state index contributed by atoms with van der Waals surface area (Å²) in [7, 11) is 3.20. The van der Waals surface area contributed by atoms with Gasteiger partial charge in [0.1, 0.15) is 17.3 Å². The summed E-state index contributed by atoms with van der Waals surface area (Å²) in [5, 5.41) is 9.26. The lowest BCUT2D eigenvalue weighted by atomic mass is 10.2. The van der Waals surface area contributed by atoms with E-state index >= 15 is 0 Å². The van der Waals surface area contributed by atoms with E-state index in [1.807, 2.05) is 37.3 Å². The van der Waals surface area contributed by atoms with Crippen LogP contribution in [0.5, 0.6) is 11.5 Å². The minimum atomic E-state index is -0.195. The first-order chi connectivity index (χ1) is 15.0. The molecule has 1 amide bonds. The molecule has 0 radical (unpaired) electrons. The third-order valence-corrected chi connectivity index (χ3v) is 5.02. The molecule has 1 heterocycles. The summed E-state index contributed by atoms with van der Waals surface area (Å²) in [5.74, 6) is 2.36. The van der Waals surface area contributed by atoms with Gasteiger partial charge >= 0.3 is 0 Å². The monoisotopic (exact) mass is 485 g/mol. The number of carbonyl (C=O) groups excluding carboxylic acids is 1. The number of hydrogen-bond donors (Lipinski definition) is 3. The summed E-state index contributed by atoms with van der Waals surface area (Å²) in [6.07, 6.45) is 0. The van der Waals surface area contributed by atoms with Crippen molar-refractivity contribution in [2.24, 2.45) is 0 Å². The minimum Gasteiger partial charge on any atom is -0.497 e. The summed E-state index contributed by atoms with van der Waals surface area (Å²) in [6, 6.07) is 14.7. The average Bonchev–Trinajstić information content (AvgIpc) is 2.77. The first-order valence-electron chi connectivity index (χ1n) is 9.61. The molecule has 31 heavy (non-hydrogen) atoms. The predicted molar refractivity (Wildman–Crippen MR) is 125 cm³/mol. The van der Waals surface area contributed by atoms with Gasteiger partial charge in [0.05, 0.1) is 19.8 Å². The quantitative estimate of drug-likeness (QED) is 0.391. The van der Waals surface area contributed by atoms with E-state index in [-0.39, 0.29) is 5.91 Å². The third-order valence-electron chi connectivity index (χ3n) is 4.33. The van der Waals surface area contributed by atoms with Gasteiger partial charge in [-0.1, -0.05) is 0 Å². The normalized spacial score (nSPS) is 10.3. The van der Waals surface area contributed by atoms with Gasteiger partial charge in [0.15, 0.2) is 0 Å². The van der Waals surface area contributed by atoms with Crippen molar-refractivity contribution in [2.75, 3.05) is 37.9 Å². The zero-order chi connectivity index (χ0) is 22.2. The number of ether oxygens (including phenoxy) is 2. The van der Waals surface area contributed by atoms with Gasteiger partial charge in [-0.15, -0.1) is 0 Å². The van der Waals surface area contributed by atoms with Crippen LogP contribution in [-0.4, -0.2) is 43.2 Å². The fraction of sp³-hybridized carbons (Fsp3) is 0.227. The summed E-state index contributed by atoms with van der Waals surface area (Å²) < 4.78 is 11.1. The number of methoxy groups -OCH3 is 2. The number of rotatable bonds is 9. The van der Waals surface area contributed by atoms with Crippen molar-refractivity contribution in [3.05, 3.63) is 64.3 Å². The maximum absolute atomic E-state index is 12.4. The zero-order valence-corrected chi connectivity index (χ0v) is 19.1. The Morgan fingerprint density at radius 3 is 2.39 bits per heavy atom. The van der Waals surface area contributed by atoms with Crippen LogP contribution in [0.4, 0.5) is 17.5 Å². The van der Waals surface area contributed by atoms with Gasteiger partial charge in [-0.25, -0.2) is 4.98 Å². The van der Waals surface area contributed by atoms with E-state index in [1.54, 1.807) is 32.4 Å². The number of aromatic nitrogens is 2. The van der Waals surface area contributed by atoms with Crippen LogP contribution in [-0.2, 0) is 0 Å². The molecule has 1 aromatic heterocycles. The molecule has 3 rings (SSSR count). The molecule has 8 nitrogen and oxygen atoms in total. The zero-order valence-electron chi connectivity index (χ0n) is 17.5. The van der Waals surface area contributed by atoms with E-state index in [1.165, 1.54) is 0 Å². The molecular formula is C22H24BrN5O3. The molecule has 3 aromatic rings. The second kappa shape index (κ2) is 10.6. The number of halogens is 1. The second-order valence-corrected chi connectivity index (χ2v) is 7.45. The van der Waals surface area contributed by atoms with Crippen molar-refractivity contribution in [2.45, 2.75) is 6.92 Å². The molecule has 9 heteroatoms. The lowest BCUT2D eigenvalue weighted by Crippen LogP contribution is -2.29. The molecule has 3 N–H and O–H groups in total. The van der Waals surface area contributed by atoms with E-state index in [0.717, 1.165) is 17.1 Å². The number of anilines is 3. The van der Waals surface area contributed by atoms with E-state index in [2.05, 4.69) is 41.8 Å². The van der Waals surface area contributed by atoms with Gasteiger partial charge in [-0.05, 0) is 65.3 Å². The van der Waals surface area contributed by atoms with Gasteiger partial charge in [-0.2, -0.15) is 4.98 Å². The first kappa shape index (κ1) is 22.4. The van der Waals surface area contributed by atoms with Crippen LogP contribution in [0.25, 0.3) is 0 Å². The topological polar surface area (TPSA) is 97.4 Å². The molecule has 162 valence electrons. The Kier molecular flexibility index (Phi) is 7.66. The largest absolute Gasteiger partial charge is 0.497 e. The molecule has 0 saturated heterocycles. The number of carbonyl (C=O) groups is 1. The highest BCUT2D eigenvalue weighted by molar-refractivity contribution is 9.10. The van der Waals surface area contributed by atoms with Crippen LogP contribution >= 0.6 is 15.9 Å². The smallest absolute Gasteiger partial charge is 0.252 e. The van der Waals surface area contributed by atoms with Crippen molar-refractivity contribution >= 4 is 39.3 Å². The molecule has 0 spiro atoms. The molecule has 0 aliphatic rings. The SMILES string of the molecule is COc1ccc(Nc2cc(C)nc(NCCNC(=O)c3cc(OC)ccc3Br)n2)cc1. The van der Waals surface area contributed by atoms with Gasteiger partial charge in [-0.3, -0.25) is 4.79 Å². The Morgan fingerprint density at radius 2 is 1.68 bits per heavy atom. The molecule has 0 fully saturated rings. The minimum absolute atomic E-state index is 0.195. The molecule has 0 aliphatic heterocycles. The number of benzene rings is 2. The first-order valence-corrected chi connectivity index (χ1v) is 10.4. The lowest BCUT2D eigenvalue weighted by molar-refractivity contribution is 0.0954. The third kappa shape index (κ3) is 6.32. The second-order valence-electron chi connectivity index (χ2n) is 6.60. The molecular weight excluding hydrogens is 462 g/mol. The van der Waals surface area contributed by atoms with Gasteiger partial charge in [0, 0.05) is 35.0 Å². The Bertz CT molecular complexity index is 1040. The summed E-state index contributed by atoms with van der Waals surface area (Å²) in [5.41, 5.74) is 2.22. The fourth-order valence-electron chi connectivity index (χ4n) is 2.78. The Labute approximate surface area is 189 Å². The Hall–Kier alpha value is -3.33. The van der Waals surface area contributed by atoms with Crippen LogP contribution in [0.1, 0.15) is 16.1 Å². The number of nitrogens with zero attached hydrogens (tertiary/aromatic N) is 2. The highest BCUT2D eigenvalue weighted by Crippen LogP contribution is 2.22. The number of aryl methyl sites for hydroxylation is 1. The number of hydrogen-bond acceptors (Lipinski definition) is 7. The van der Waals surface area contributed by atoms with Crippen LogP contribution in [0.15, 0.2) is 53.0 Å². The fourth-order valence-corrected chi connectivity index (χ4v) is 3.21. The highest BCUT2D eigenvalue weighted by atomic mass is 79.9. The number of nitrogens with one attached hydrogen (secondary N) is 3. The lowest BCUT2D eigenvalue weighted by Gasteiger charge is -2.11. The van der Waals surface area contributed by atoms with Crippen LogP contribution in [0.3, 0.4) is 0 Å². The molecule has 0 bridgehead atoms. The standard InChI is InChI=1S/C22H24BrN5O3/c1-14-12-20(27-15-4-6-16(30-2)7-5-15)28-22(26-14)25-11-10-24-21(29)18-13-17(31-3)8-9-19(18)23/h4-9,12-13H,10-11H2,1-3H3,(H,24,29)(H2,25,26,27,28). The molecule has 0 unspecified atom stereocenters. The summed E-state index contributed by atoms with van der Waals surface area (Å²) >= 11 is 3.39. The van der Waals surface area contributed by atoms with Gasteiger partial charge < -0.3 is 25.4 Å². The van der Waals surface area contributed by atoms with Crippen LogP contribution in [0, 0.1) is 6.92 Å². The summed E-state index contributed by atoms with van der Waals surface area (Å²) in [4.78, 5) is 21.3. The molecule has 0 saturated carbocycles. The van der Waals surface area contributed by atoms with E-state index in [4.69, 9.17) is 9.47 Å². The molecule has 0 aliphatic carbocycles. The van der Waals surface area contributed by atoms with E-state index < -0.39 is 0 Å². The van der Waals surface area contributed by atoms with Crippen molar-refractivity contribution < 1.29 is 14.3 Å².